The zero-order valence-electron chi connectivity index (χ0n) is 10.4. The molecule has 0 bridgehead atoms. The lowest BCUT2D eigenvalue weighted by molar-refractivity contribution is 0.424. The van der Waals surface area contributed by atoms with Gasteiger partial charge in [0.25, 0.3) is 0 Å². The predicted molar refractivity (Wildman–Crippen MR) is 71.0 cm³/mol. The Balaban J connectivity index is 0.00000225. The average Bonchev–Trinajstić information content (AvgIpc) is 2.64. The van der Waals surface area contributed by atoms with Gasteiger partial charge in [-0.05, 0) is 25.5 Å². The Bertz CT molecular complexity index is 273. The van der Waals surface area contributed by atoms with Crippen molar-refractivity contribution in [1.29, 1.82) is 0 Å². The third kappa shape index (κ3) is 5.57. The highest BCUT2D eigenvalue weighted by Gasteiger charge is 2.08. The van der Waals surface area contributed by atoms with E-state index in [1.54, 1.807) is 0 Å². The van der Waals surface area contributed by atoms with Gasteiger partial charge in [0.15, 0.2) is 0 Å². The molecule has 0 aromatic carbocycles. The molecule has 2 nitrogen and oxygen atoms in total. The Morgan fingerprint density at radius 2 is 1.88 bits per heavy atom. The lowest BCUT2D eigenvalue weighted by Crippen LogP contribution is -2.08. The molecule has 1 aromatic rings. The monoisotopic (exact) mass is 245 g/mol. The molecule has 1 atom stereocenters. The summed E-state index contributed by atoms with van der Waals surface area (Å²) in [5, 5.41) is 0. The van der Waals surface area contributed by atoms with Gasteiger partial charge >= 0.3 is 0 Å². The number of unbranched alkanes of at least 4 members (excludes halogenated alkanes) is 4. The van der Waals surface area contributed by atoms with E-state index in [4.69, 9.17) is 10.2 Å². The fourth-order valence-electron chi connectivity index (χ4n) is 1.76. The van der Waals surface area contributed by atoms with Crippen LogP contribution in [0.1, 0.15) is 63.0 Å². The van der Waals surface area contributed by atoms with Crippen molar-refractivity contribution >= 4 is 12.4 Å². The third-order valence-corrected chi connectivity index (χ3v) is 2.75. The molecule has 0 radical (unpaired) electrons. The quantitative estimate of drug-likeness (QED) is 0.725. The lowest BCUT2D eigenvalue weighted by atomic mass is 10.1. The molecule has 0 fully saturated rings. The largest absolute Gasteiger partial charge is 0.465 e. The molecular weight excluding hydrogens is 222 g/mol. The molecule has 94 valence electrons. The van der Waals surface area contributed by atoms with Crippen molar-refractivity contribution in [2.24, 2.45) is 5.73 Å². The van der Waals surface area contributed by atoms with E-state index in [1.165, 1.54) is 32.1 Å². The van der Waals surface area contributed by atoms with Crippen molar-refractivity contribution in [3.8, 4) is 0 Å². The van der Waals surface area contributed by atoms with Crippen LogP contribution in [0.2, 0.25) is 0 Å². The second-order valence-electron chi connectivity index (χ2n) is 4.26. The van der Waals surface area contributed by atoms with Gasteiger partial charge in [-0.15, -0.1) is 12.4 Å². The minimum Gasteiger partial charge on any atom is -0.465 e. The third-order valence-electron chi connectivity index (χ3n) is 2.75. The van der Waals surface area contributed by atoms with Crippen LogP contribution in [0.5, 0.6) is 0 Å². The van der Waals surface area contributed by atoms with Crippen molar-refractivity contribution in [2.45, 2.75) is 58.4 Å². The number of hydrogen-bond acceptors (Lipinski definition) is 2. The van der Waals surface area contributed by atoms with Crippen LogP contribution in [0.4, 0.5) is 0 Å². The fourth-order valence-corrected chi connectivity index (χ4v) is 1.76. The summed E-state index contributed by atoms with van der Waals surface area (Å²) in [7, 11) is 0. The van der Waals surface area contributed by atoms with Crippen LogP contribution < -0.4 is 5.73 Å². The highest BCUT2D eigenvalue weighted by atomic mass is 35.5. The van der Waals surface area contributed by atoms with E-state index in [2.05, 4.69) is 6.92 Å². The maximum atomic E-state index is 6.03. The van der Waals surface area contributed by atoms with Crippen LogP contribution in [0.15, 0.2) is 16.5 Å². The summed E-state index contributed by atoms with van der Waals surface area (Å²) < 4.78 is 5.50. The van der Waals surface area contributed by atoms with Gasteiger partial charge in [-0.25, -0.2) is 0 Å². The number of rotatable bonds is 7. The van der Waals surface area contributed by atoms with Crippen LogP contribution in [-0.4, -0.2) is 0 Å². The molecule has 1 unspecified atom stereocenters. The summed E-state index contributed by atoms with van der Waals surface area (Å²) in [6.07, 6.45) is 7.51. The molecule has 2 N–H and O–H groups in total. The molecule has 1 heterocycles. The van der Waals surface area contributed by atoms with Crippen molar-refractivity contribution in [3.05, 3.63) is 23.7 Å². The number of nitrogens with two attached hydrogens (primary N) is 1. The Morgan fingerprint density at radius 1 is 1.19 bits per heavy atom. The smallest absolute Gasteiger partial charge is 0.120 e. The summed E-state index contributed by atoms with van der Waals surface area (Å²) >= 11 is 0. The maximum absolute atomic E-state index is 6.03. The summed E-state index contributed by atoms with van der Waals surface area (Å²) in [6.45, 7) is 4.19. The standard InChI is InChI=1S/C13H23NO.ClH/c1-3-4-5-6-7-8-12(14)13-10-9-11(2)15-13;/h9-10,12H,3-8,14H2,1-2H3;1H. The van der Waals surface area contributed by atoms with Gasteiger partial charge in [-0.1, -0.05) is 39.0 Å². The summed E-state index contributed by atoms with van der Waals surface area (Å²) in [5.74, 6) is 1.88. The fraction of sp³-hybridized carbons (Fsp3) is 0.692. The molecule has 1 rings (SSSR count). The molecule has 1 aromatic heterocycles. The molecular formula is C13H24ClNO. The summed E-state index contributed by atoms with van der Waals surface area (Å²) in [6, 6.07) is 4.05. The molecule has 0 aliphatic heterocycles. The number of halogens is 1. The van der Waals surface area contributed by atoms with E-state index in [1.807, 2.05) is 19.1 Å². The SMILES string of the molecule is CCCCCCCC(N)c1ccc(C)o1.Cl. The van der Waals surface area contributed by atoms with Crippen molar-refractivity contribution in [2.75, 3.05) is 0 Å². The first-order valence-corrected chi connectivity index (χ1v) is 6.06. The molecule has 0 saturated heterocycles. The topological polar surface area (TPSA) is 39.2 Å². The average molecular weight is 246 g/mol. The first kappa shape index (κ1) is 15.5. The van der Waals surface area contributed by atoms with Crippen LogP contribution >= 0.6 is 12.4 Å². The van der Waals surface area contributed by atoms with E-state index in [0.29, 0.717) is 0 Å². The Morgan fingerprint density at radius 3 is 2.44 bits per heavy atom. The normalized spacial score (nSPS) is 12.2. The maximum Gasteiger partial charge on any atom is 0.120 e. The predicted octanol–water partition coefficient (Wildman–Crippen LogP) is 4.37. The Kier molecular flexibility index (Phi) is 8.40. The number of furan rings is 1. The van der Waals surface area contributed by atoms with Crippen LogP contribution in [0.25, 0.3) is 0 Å². The Labute approximate surface area is 105 Å². The van der Waals surface area contributed by atoms with Gasteiger partial charge in [0.1, 0.15) is 11.5 Å². The summed E-state index contributed by atoms with van der Waals surface area (Å²) in [4.78, 5) is 0. The van der Waals surface area contributed by atoms with Crippen LogP contribution in [0.3, 0.4) is 0 Å². The molecule has 16 heavy (non-hydrogen) atoms. The van der Waals surface area contributed by atoms with E-state index < -0.39 is 0 Å². The first-order chi connectivity index (χ1) is 7.24. The second-order valence-corrected chi connectivity index (χ2v) is 4.26. The van der Waals surface area contributed by atoms with E-state index in [9.17, 15) is 0 Å². The van der Waals surface area contributed by atoms with E-state index >= 15 is 0 Å². The van der Waals surface area contributed by atoms with Gasteiger partial charge in [0.05, 0.1) is 6.04 Å². The molecule has 0 saturated carbocycles. The highest BCUT2D eigenvalue weighted by Crippen LogP contribution is 2.19. The lowest BCUT2D eigenvalue weighted by Gasteiger charge is -2.08. The first-order valence-electron chi connectivity index (χ1n) is 6.06. The van der Waals surface area contributed by atoms with E-state index in [0.717, 1.165) is 17.9 Å². The van der Waals surface area contributed by atoms with Gasteiger partial charge in [0, 0.05) is 0 Å². The number of aryl methyl sites for hydroxylation is 1. The van der Waals surface area contributed by atoms with Crippen molar-refractivity contribution in [3.63, 3.8) is 0 Å². The zero-order chi connectivity index (χ0) is 11.1. The second kappa shape index (κ2) is 8.66. The Hall–Kier alpha value is -0.470. The van der Waals surface area contributed by atoms with Gasteiger partial charge < -0.3 is 10.2 Å². The molecule has 0 aliphatic rings. The molecule has 0 aliphatic carbocycles. The van der Waals surface area contributed by atoms with Gasteiger partial charge in [-0.2, -0.15) is 0 Å². The molecule has 0 amide bonds. The van der Waals surface area contributed by atoms with Gasteiger partial charge in [0.2, 0.25) is 0 Å². The van der Waals surface area contributed by atoms with Crippen LogP contribution in [0, 0.1) is 6.92 Å². The van der Waals surface area contributed by atoms with Crippen LogP contribution in [-0.2, 0) is 0 Å². The summed E-state index contributed by atoms with van der Waals surface area (Å²) in [5.41, 5.74) is 6.03. The minimum absolute atomic E-state index is 0. The van der Waals surface area contributed by atoms with Crippen molar-refractivity contribution in [1.82, 2.24) is 0 Å². The number of hydrogen-bond donors (Lipinski definition) is 1. The highest BCUT2D eigenvalue weighted by molar-refractivity contribution is 5.85. The minimum atomic E-state index is 0. The van der Waals surface area contributed by atoms with Gasteiger partial charge in [-0.3, -0.25) is 0 Å². The molecule has 3 heteroatoms. The molecule has 0 spiro atoms. The van der Waals surface area contributed by atoms with Crippen molar-refractivity contribution < 1.29 is 4.42 Å². The van der Waals surface area contributed by atoms with E-state index in [-0.39, 0.29) is 18.4 Å². The zero-order valence-corrected chi connectivity index (χ0v) is 11.2.